The van der Waals surface area contributed by atoms with Crippen molar-refractivity contribution in [3.63, 3.8) is 0 Å². The Kier molecular flexibility index (Phi) is 9.47. The molecule has 0 saturated heterocycles. The first kappa shape index (κ1) is 23.5. The molecule has 2 aromatic rings. The minimum Gasteiger partial charge on any atom is -0.508 e. The number of phenols is 1. The Hall–Kier alpha value is -2.74. The van der Waals surface area contributed by atoms with Crippen molar-refractivity contribution in [1.82, 2.24) is 10.6 Å². The normalized spacial score (nSPS) is 10.4. The molecule has 8 heteroatoms. The lowest BCUT2D eigenvalue weighted by Gasteiger charge is -2.14. The van der Waals surface area contributed by atoms with Gasteiger partial charge < -0.3 is 25.2 Å². The van der Waals surface area contributed by atoms with Crippen LogP contribution in [0.25, 0.3) is 0 Å². The summed E-state index contributed by atoms with van der Waals surface area (Å²) in [6.45, 7) is 5.67. The number of amides is 2. The first-order chi connectivity index (χ1) is 14.4. The average molecular weight is 479 g/mol. The third kappa shape index (κ3) is 7.26. The molecule has 30 heavy (non-hydrogen) atoms. The molecule has 0 fully saturated rings. The number of nitrogens with one attached hydrogen (secondary N) is 2. The quantitative estimate of drug-likeness (QED) is 0.429. The lowest BCUT2D eigenvalue weighted by Crippen LogP contribution is -2.30. The second-order valence-electron chi connectivity index (χ2n) is 6.44. The van der Waals surface area contributed by atoms with Crippen LogP contribution in [0.5, 0.6) is 17.2 Å². The molecule has 3 N–H and O–H groups in total. The van der Waals surface area contributed by atoms with Crippen LogP contribution in [0.4, 0.5) is 0 Å². The zero-order chi connectivity index (χ0) is 21.9. The lowest BCUT2D eigenvalue weighted by atomic mass is 10.1. The fourth-order valence-electron chi connectivity index (χ4n) is 2.75. The number of halogens is 1. The minimum atomic E-state index is -0.265. The van der Waals surface area contributed by atoms with Gasteiger partial charge in [-0.25, -0.2) is 0 Å². The number of carbonyl (C=O) groups is 2. The van der Waals surface area contributed by atoms with E-state index in [1.54, 1.807) is 12.1 Å². The standard InChI is InChI=1S/C22H27BrN2O5/c1-3-29-19-12-16(18(23)14-20(19)30-4-2)13-21(27)24-9-6-10-25-22(28)15-7-5-8-17(26)11-15/h5,7-8,11-12,14,26H,3-4,6,9-10,13H2,1-2H3,(H,24,27)(H,25,28). The third-order valence-electron chi connectivity index (χ3n) is 4.13. The van der Waals surface area contributed by atoms with Crippen molar-refractivity contribution in [2.24, 2.45) is 0 Å². The largest absolute Gasteiger partial charge is 0.508 e. The van der Waals surface area contributed by atoms with Crippen LogP contribution in [0, 0.1) is 0 Å². The molecular formula is C22H27BrN2O5. The Morgan fingerprint density at radius 1 is 1.00 bits per heavy atom. The maximum Gasteiger partial charge on any atom is 0.251 e. The molecule has 0 unspecified atom stereocenters. The van der Waals surface area contributed by atoms with E-state index in [-0.39, 0.29) is 24.0 Å². The fourth-order valence-corrected chi connectivity index (χ4v) is 3.21. The summed E-state index contributed by atoms with van der Waals surface area (Å²) >= 11 is 3.49. The van der Waals surface area contributed by atoms with Crippen molar-refractivity contribution in [2.75, 3.05) is 26.3 Å². The van der Waals surface area contributed by atoms with Crippen LogP contribution < -0.4 is 20.1 Å². The van der Waals surface area contributed by atoms with E-state index in [2.05, 4.69) is 26.6 Å². The third-order valence-corrected chi connectivity index (χ3v) is 4.87. The van der Waals surface area contributed by atoms with Gasteiger partial charge in [-0.05, 0) is 56.2 Å². The first-order valence-electron chi connectivity index (χ1n) is 9.86. The SMILES string of the molecule is CCOc1cc(Br)c(CC(=O)NCCCNC(=O)c2cccc(O)c2)cc1OCC. The summed E-state index contributed by atoms with van der Waals surface area (Å²) in [6, 6.07) is 9.78. The van der Waals surface area contributed by atoms with Gasteiger partial charge in [-0.3, -0.25) is 9.59 Å². The zero-order valence-corrected chi connectivity index (χ0v) is 18.8. The van der Waals surface area contributed by atoms with Crippen molar-refractivity contribution in [1.29, 1.82) is 0 Å². The molecule has 0 radical (unpaired) electrons. The monoisotopic (exact) mass is 478 g/mol. The van der Waals surface area contributed by atoms with Crippen LogP contribution in [-0.4, -0.2) is 43.2 Å². The van der Waals surface area contributed by atoms with E-state index in [0.29, 0.717) is 49.8 Å². The summed E-state index contributed by atoms with van der Waals surface area (Å²) in [5.41, 5.74) is 1.20. The molecule has 0 atom stereocenters. The number of carbonyl (C=O) groups excluding carboxylic acids is 2. The van der Waals surface area contributed by atoms with E-state index in [0.717, 1.165) is 10.0 Å². The summed E-state index contributed by atoms with van der Waals surface area (Å²) in [7, 11) is 0. The summed E-state index contributed by atoms with van der Waals surface area (Å²) in [4.78, 5) is 24.3. The summed E-state index contributed by atoms with van der Waals surface area (Å²) in [5, 5.41) is 15.0. The van der Waals surface area contributed by atoms with Crippen molar-refractivity contribution in [3.8, 4) is 17.2 Å². The van der Waals surface area contributed by atoms with E-state index in [1.807, 2.05) is 26.0 Å². The van der Waals surface area contributed by atoms with Gasteiger partial charge in [0.15, 0.2) is 11.5 Å². The maximum absolute atomic E-state index is 12.3. The molecule has 162 valence electrons. The van der Waals surface area contributed by atoms with Crippen LogP contribution in [0.15, 0.2) is 40.9 Å². The van der Waals surface area contributed by atoms with Crippen LogP contribution >= 0.6 is 15.9 Å². The second kappa shape index (κ2) is 12.1. The van der Waals surface area contributed by atoms with Crippen LogP contribution in [0.3, 0.4) is 0 Å². The molecule has 0 aliphatic heterocycles. The summed E-state index contributed by atoms with van der Waals surface area (Å²) in [5.74, 6) is 0.904. The summed E-state index contributed by atoms with van der Waals surface area (Å²) in [6.07, 6.45) is 0.785. The van der Waals surface area contributed by atoms with Gasteiger partial charge in [0.25, 0.3) is 5.91 Å². The molecule has 2 rings (SSSR count). The van der Waals surface area contributed by atoms with Crippen molar-refractivity contribution in [2.45, 2.75) is 26.7 Å². The van der Waals surface area contributed by atoms with Gasteiger partial charge in [0, 0.05) is 23.1 Å². The Labute approximate surface area is 184 Å². The molecule has 0 aliphatic carbocycles. The number of ether oxygens (including phenoxy) is 2. The molecule has 0 bridgehead atoms. The zero-order valence-electron chi connectivity index (χ0n) is 17.2. The van der Waals surface area contributed by atoms with Gasteiger partial charge in [-0.15, -0.1) is 0 Å². The number of hydrogen-bond donors (Lipinski definition) is 3. The highest BCUT2D eigenvalue weighted by Crippen LogP contribution is 2.34. The van der Waals surface area contributed by atoms with E-state index in [9.17, 15) is 14.7 Å². The highest BCUT2D eigenvalue weighted by Gasteiger charge is 2.13. The molecule has 2 amide bonds. The number of rotatable bonds is 11. The highest BCUT2D eigenvalue weighted by atomic mass is 79.9. The molecule has 7 nitrogen and oxygen atoms in total. The smallest absolute Gasteiger partial charge is 0.251 e. The number of aromatic hydroxyl groups is 1. The summed E-state index contributed by atoms with van der Waals surface area (Å²) < 4.78 is 12.0. The van der Waals surface area contributed by atoms with Gasteiger partial charge in [0.2, 0.25) is 5.91 Å². The topological polar surface area (TPSA) is 96.9 Å². The van der Waals surface area contributed by atoms with Gasteiger partial charge in [0.05, 0.1) is 19.6 Å². The highest BCUT2D eigenvalue weighted by molar-refractivity contribution is 9.10. The number of benzene rings is 2. The second-order valence-corrected chi connectivity index (χ2v) is 7.30. The molecule has 0 heterocycles. The van der Waals surface area contributed by atoms with Gasteiger partial charge in [0.1, 0.15) is 5.75 Å². The fraction of sp³-hybridized carbons (Fsp3) is 0.364. The number of phenolic OH excluding ortho intramolecular Hbond substituents is 1. The molecule has 0 saturated carbocycles. The van der Waals surface area contributed by atoms with Crippen molar-refractivity contribution in [3.05, 3.63) is 52.0 Å². The van der Waals surface area contributed by atoms with Gasteiger partial charge in [-0.1, -0.05) is 22.0 Å². The Morgan fingerprint density at radius 2 is 1.67 bits per heavy atom. The van der Waals surface area contributed by atoms with E-state index >= 15 is 0 Å². The number of hydrogen-bond acceptors (Lipinski definition) is 5. The van der Waals surface area contributed by atoms with E-state index < -0.39 is 0 Å². The van der Waals surface area contributed by atoms with Crippen LogP contribution in [0.2, 0.25) is 0 Å². The van der Waals surface area contributed by atoms with Gasteiger partial charge in [-0.2, -0.15) is 0 Å². The Balaban J connectivity index is 1.79. The lowest BCUT2D eigenvalue weighted by molar-refractivity contribution is -0.120. The molecular weight excluding hydrogens is 452 g/mol. The Bertz CT molecular complexity index is 873. The molecule has 2 aromatic carbocycles. The van der Waals surface area contributed by atoms with E-state index in [1.165, 1.54) is 12.1 Å². The molecule has 0 aromatic heterocycles. The van der Waals surface area contributed by atoms with E-state index in [4.69, 9.17) is 9.47 Å². The minimum absolute atomic E-state index is 0.0443. The average Bonchev–Trinajstić information content (AvgIpc) is 2.71. The molecule has 0 spiro atoms. The van der Waals surface area contributed by atoms with Crippen molar-refractivity contribution < 1.29 is 24.2 Å². The van der Waals surface area contributed by atoms with Crippen molar-refractivity contribution >= 4 is 27.7 Å². The molecule has 0 aliphatic rings. The Morgan fingerprint density at radius 3 is 2.33 bits per heavy atom. The first-order valence-corrected chi connectivity index (χ1v) is 10.7. The van der Waals surface area contributed by atoms with Crippen LogP contribution in [0.1, 0.15) is 36.2 Å². The van der Waals surface area contributed by atoms with Crippen LogP contribution in [-0.2, 0) is 11.2 Å². The predicted octanol–water partition coefficient (Wildman–Crippen LogP) is 3.43. The maximum atomic E-state index is 12.3. The van der Waals surface area contributed by atoms with Gasteiger partial charge >= 0.3 is 0 Å². The predicted molar refractivity (Wildman–Crippen MR) is 118 cm³/mol.